The van der Waals surface area contributed by atoms with E-state index in [1.54, 1.807) is 26.0 Å². The fraction of sp³-hybridized carbons (Fsp3) is 0.368. The molecule has 2 aromatic rings. The zero-order valence-corrected chi connectivity index (χ0v) is 16.4. The number of benzene rings is 1. The lowest BCUT2D eigenvalue weighted by atomic mass is 9.96. The van der Waals surface area contributed by atoms with E-state index >= 15 is 0 Å². The predicted octanol–water partition coefficient (Wildman–Crippen LogP) is 4.34. The van der Waals surface area contributed by atoms with Gasteiger partial charge in [-0.3, -0.25) is 9.98 Å². The van der Waals surface area contributed by atoms with Crippen molar-refractivity contribution in [2.75, 3.05) is 20.8 Å². The van der Waals surface area contributed by atoms with E-state index in [0.717, 1.165) is 23.0 Å². The molecule has 2 aliphatic rings. The largest absolute Gasteiger partial charge is 0.493 e. The molecule has 7 heteroatoms. The van der Waals surface area contributed by atoms with Gasteiger partial charge in [0, 0.05) is 29.1 Å². The lowest BCUT2D eigenvalue weighted by molar-refractivity contribution is 0.317. The van der Waals surface area contributed by atoms with Crippen LogP contribution in [-0.2, 0) is 0 Å². The molecule has 0 saturated carbocycles. The van der Waals surface area contributed by atoms with E-state index < -0.39 is 0 Å². The minimum absolute atomic E-state index is 0.00958. The molecule has 0 radical (unpaired) electrons. The number of ether oxygens (including phenoxy) is 2. The third kappa shape index (κ3) is 2.91. The number of methoxy groups -OCH3 is 2. The first-order valence-electron chi connectivity index (χ1n) is 8.45. The van der Waals surface area contributed by atoms with Crippen LogP contribution in [-0.4, -0.2) is 41.1 Å². The van der Waals surface area contributed by atoms with E-state index in [9.17, 15) is 0 Å². The van der Waals surface area contributed by atoms with E-state index in [0.29, 0.717) is 21.8 Å². The fourth-order valence-corrected chi connectivity index (χ4v) is 4.91. The molecule has 136 valence electrons. The van der Waals surface area contributed by atoms with Crippen LogP contribution in [0.3, 0.4) is 0 Å². The summed E-state index contributed by atoms with van der Waals surface area (Å²) < 4.78 is 10.9. The van der Waals surface area contributed by atoms with Crippen molar-refractivity contribution in [3.05, 3.63) is 52.8 Å². The number of aromatic nitrogens is 1. The molecule has 1 fully saturated rings. The molecule has 4 rings (SSSR count). The molecule has 3 heterocycles. The van der Waals surface area contributed by atoms with Gasteiger partial charge in [0.1, 0.15) is 6.04 Å². The first-order valence-corrected chi connectivity index (χ1v) is 9.71. The third-order valence-electron chi connectivity index (χ3n) is 4.70. The topological polar surface area (TPSA) is 47.0 Å². The fourth-order valence-electron chi connectivity index (χ4n) is 3.55. The molecular weight excluding hydrogens is 370 g/mol. The molecule has 1 aromatic carbocycles. The number of amidine groups is 1. The Morgan fingerprint density at radius 2 is 1.96 bits per heavy atom. The van der Waals surface area contributed by atoms with Gasteiger partial charge in [-0.2, -0.15) is 0 Å². The number of halogens is 1. The highest BCUT2D eigenvalue weighted by Gasteiger charge is 2.44. The third-order valence-corrected chi connectivity index (χ3v) is 6.13. The Hall–Kier alpha value is -1.92. The Morgan fingerprint density at radius 3 is 2.65 bits per heavy atom. The smallest absolute Gasteiger partial charge is 0.162 e. The van der Waals surface area contributed by atoms with Crippen molar-refractivity contribution < 1.29 is 9.47 Å². The SMILES string of the molecule is COc1cc(Cl)c([C@H]2[C@H](c3ccccn3)N=C3S[C@@H](C)CN32)cc1OC. The highest BCUT2D eigenvalue weighted by atomic mass is 35.5. The molecule has 1 saturated heterocycles. The van der Waals surface area contributed by atoms with Gasteiger partial charge in [-0.15, -0.1) is 0 Å². The van der Waals surface area contributed by atoms with Crippen molar-refractivity contribution in [1.29, 1.82) is 0 Å². The minimum Gasteiger partial charge on any atom is -0.493 e. The molecule has 0 aliphatic carbocycles. The zero-order valence-electron chi connectivity index (χ0n) is 14.8. The van der Waals surface area contributed by atoms with Gasteiger partial charge in [0.15, 0.2) is 16.7 Å². The normalized spacial score (nSPS) is 24.4. The average Bonchev–Trinajstić information content (AvgIpc) is 3.18. The second kappa shape index (κ2) is 7.00. The Balaban J connectivity index is 1.82. The Bertz CT molecular complexity index is 846. The van der Waals surface area contributed by atoms with E-state index in [-0.39, 0.29) is 12.1 Å². The van der Waals surface area contributed by atoms with Crippen LogP contribution in [0.4, 0.5) is 0 Å². The van der Waals surface area contributed by atoms with Gasteiger partial charge in [-0.1, -0.05) is 36.4 Å². The summed E-state index contributed by atoms with van der Waals surface area (Å²) in [6.45, 7) is 3.15. The standard InChI is InChI=1S/C19H20ClN3O2S/c1-11-10-23-18(12-8-15(24-2)16(25-3)9-13(12)20)17(22-19(23)26-11)14-6-4-5-7-21-14/h4-9,11,17-18H,10H2,1-3H3/t11-,17-,18-/m0/s1. The molecule has 26 heavy (non-hydrogen) atoms. The number of thioether (sulfide) groups is 1. The van der Waals surface area contributed by atoms with E-state index in [1.165, 1.54) is 0 Å². The first-order chi connectivity index (χ1) is 12.6. The summed E-state index contributed by atoms with van der Waals surface area (Å²) in [7, 11) is 3.25. The molecule has 0 spiro atoms. The molecule has 3 atom stereocenters. The van der Waals surface area contributed by atoms with Crippen LogP contribution < -0.4 is 9.47 Å². The highest BCUT2D eigenvalue weighted by Crippen LogP contribution is 2.50. The number of aliphatic imine (C=N–C) groups is 1. The summed E-state index contributed by atoms with van der Waals surface area (Å²) in [6, 6.07) is 9.61. The summed E-state index contributed by atoms with van der Waals surface area (Å²) in [5.41, 5.74) is 1.92. The molecule has 5 nitrogen and oxygen atoms in total. The number of nitrogens with zero attached hydrogens (tertiary/aromatic N) is 3. The number of fused-ring (bicyclic) bond motifs is 1. The van der Waals surface area contributed by atoms with Gasteiger partial charge < -0.3 is 14.4 Å². The maximum Gasteiger partial charge on any atom is 0.162 e. The van der Waals surface area contributed by atoms with Crippen LogP contribution >= 0.6 is 23.4 Å². The van der Waals surface area contributed by atoms with E-state index in [1.807, 2.05) is 36.5 Å². The molecule has 0 amide bonds. The molecule has 0 bridgehead atoms. The average molecular weight is 390 g/mol. The molecule has 0 N–H and O–H groups in total. The lowest BCUT2D eigenvalue weighted by Crippen LogP contribution is -2.28. The molecule has 2 aliphatic heterocycles. The van der Waals surface area contributed by atoms with Crippen molar-refractivity contribution in [2.24, 2.45) is 4.99 Å². The van der Waals surface area contributed by atoms with Crippen LogP contribution in [0.2, 0.25) is 5.02 Å². The second-order valence-electron chi connectivity index (χ2n) is 6.37. The number of hydrogen-bond acceptors (Lipinski definition) is 6. The zero-order chi connectivity index (χ0) is 18.3. The Labute approximate surface area is 162 Å². The van der Waals surface area contributed by atoms with Gasteiger partial charge in [0.25, 0.3) is 0 Å². The summed E-state index contributed by atoms with van der Waals surface area (Å²) in [5.74, 6) is 1.29. The predicted molar refractivity (Wildman–Crippen MR) is 105 cm³/mol. The minimum atomic E-state index is -0.0956. The summed E-state index contributed by atoms with van der Waals surface area (Å²) >= 11 is 8.46. The van der Waals surface area contributed by atoms with E-state index in [2.05, 4.69) is 16.8 Å². The van der Waals surface area contributed by atoms with Crippen LogP contribution in [0.25, 0.3) is 0 Å². The molecule has 0 unspecified atom stereocenters. The molecular formula is C19H20ClN3O2S. The van der Waals surface area contributed by atoms with Crippen LogP contribution in [0, 0.1) is 0 Å². The summed E-state index contributed by atoms with van der Waals surface area (Å²) in [5, 5.41) is 2.21. The highest BCUT2D eigenvalue weighted by molar-refractivity contribution is 8.14. The Kier molecular flexibility index (Phi) is 4.71. The lowest BCUT2D eigenvalue weighted by Gasteiger charge is -2.28. The summed E-state index contributed by atoms with van der Waals surface area (Å²) in [4.78, 5) is 11.9. The van der Waals surface area contributed by atoms with Gasteiger partial charge in [-0.05, 0) is 23.8 Å². The van der Waals surface area contributed by atoms with Crippen LogP contribution in [0.15, 0.2) is 41.5 Å². The number of pyridine rings is 1. The van der Waals surface area contributed by atoms with Gasteiger partial charge in [-0.25, -0.2) is 0 Å². The van der Waals surface area contributed by atoms with Crippen molar-refractivity contribution in [3.63, 3.8) is 0 Å². The van der Waals surface area contributed by atoms with E-state index in [4.69, 9.17) is 26.1 Å². The van der Waals surface area contributed by atoms with Gasteiger partial charge in [0.2, 0.25) is 0 Å². The van der Waals surface area contributed by atoms with Crippen molar-refractivity contribution >= 4 is 28.5 Å². The molecule has 1 aromatic heterocycles. The van der Waals surface area contributed by atoms with Crippen molar-refractivity contribution in [2.45, 2.75) is 24.3 Å². The first kappa shape index (κ1) is 17.5. The van der Waals surface area contributed by atoms with Gasteiger partial charge >= 0.3 is 0 Å². The quantitative estimate of drug-likeness (QED) is 0.778. The van der Waals surface area contributed by atoms with Crippen LogP contribution in [0.5, 0.6) is 11.5 Å². The Morgan fingerprint density at radius 1 is 1.19 bits per heavy atom. The maximum absolute atomic E-state index is 6.66. The van der Waals surface area contributed by atoms with Crippen molar-refractivity contribution in [1.82, 2.24) is 9.88 Å². The number of rotatable bonds is 4. The number of hydrogen-bond donors (Lipinski definition) is 0. The monoisotopic (exact) mass is 389 g/mol. The second-order valence-corrected chi connectivity index (χ2v) is 8.18. The maximum atomic E-state index is 6.66. The summed E-state index contributed by atoms with van der Waals surface area (Å²) in [6.07, 6.45) is 1.81. The van der Waals surface area contributed by atoms with Crippen molar-refractivity contribution in [3.8, 4) is 11.5 Å². The van der Waals surface area contributed by atoms with Gasteiger partial charge in [0.05, 0.1) is 26.0 Å². The van der Waals surface area contributed by atoms with Crippen LogP contribution in [0.1, 0.15) is 30.3 Å².